The van der Waals surface area contributed by atoms with Gasteiger partial charge in [0.05, 0.1) is 12.7 Å². The van der Waals surface area contributed by atoms with Crippen molar-refractivity contribution >= 4 is 12.1 Å². The van der Waals surface area contributed by atoms with Gasteiger partial charge in [0.15, 0.2) is 0 Å². The maximum Gasteiger partial charge on any atom is 0.408 e. The van der Waals surface area contributed by atoms with E-state index >= 15 is 0 Å². The Kier molecular flexibility index (Phi) is 4.96. The highest BCUT2D eigenvalue weighted by Crippen LogP contribution is 2.34. The number of hydrogen-bond acceptors (Lipinski definition) is 5. The average molecular weight is 291 g/mol. The number of aliphatic hydroxyl groups excluding tert-OH is 1. The first-order chi connectivity index (χ1) is 9.09. The van der Waals surface area contributed by atoms with Gasteiger partial charge in [0.1, 0.15) is 17.3 Å². The second kappa shape index (κ2) is 5.95. The highest BCUT2D eigenvalue weighted by Gasteiger charge is 2.53. The number of amides is 1. The molecule has 0 aromatic carbocycles. The molecular weight excluding hydrogens is 269 g/mol. The highest BCUT2D eigenvalue weighted by molar-refractivity contribution is 5.86. The van der Waals surface area contributed by atoms with Crippen LogP contribution in [0.2, 0.25) is 0 Å². The number of esters is 1. The Morgan fingerprint density at radius 2 is 2.00 bits per heavy atom. The van der Waals surface area contributed by atoms with Gasteiger partial charge < -0.3 is 19.9 Å². The molecule has 1 amide bonds. The van der Waals surface area contributed by atoms with E-state index in [9.17, 15) is 19.1 Å². The average Bonchev–Trinajstić information content (AvgIpc) is 2.52. The molecule has 6 nitrogen and oxygen atoms in total. The van der Waals surface area contributed by atoms with Crippen LogP contribution in [-0.2, 0) is 14.3 Å². The summed E-state index contributed by atoms with van der Waals surface area (Å²) in [5.41, 5.74) is -2.32. The van der Waals surface area contributed by atoms with Gasteiger partial charge in [-0.3, -0.25) is 0 Å². The van der Waals surface area contributed by atoms with Gasteiger partial charge in [0.25, 0.3) is 0 Å². The first-order valence-electron chi connectivity index (χ1n) is 6.60. The molecule has 0 aromatic heterocycles. The maximum atomic E-state index is 13.6. The molecule has 0 radical (unpaired) electrons. The summed E-state index contributed by atoms with van der Waals surface area (Å²) in [6, 6.07) is 0. The topological polar surface area (TPSA) is 84.9 Å². The van der Waals surface area contributed by atoms with E-state index in [0.717, 1.165) is 0 Å². The van der Waals surface area contributed by atoms with Gasteiger partial charge in [0, 0.05) is 12.8 Å². The third-order valence-electron chi connectivity index (χ3n) is 2.92. The lowest BCUT2D eigenvalue weighted by atomic mass is 9.98. The lowest BCUT2D eigenvalue weighted by Gasteiger charge is -2.29. The summed E-state index contributed by atoms with van der Waals surface area (Å²) in [6.07, 6.45) is -4.30. The smallest absolute Gasteiger partial charge is 0.408 e. The van der Waals surface area contributed by atoms with E-state index in [1.807, 2.05) is 0 Å². The summed E-state index contributed by atoms with van der Waals surface area (Å²) in [7, 11) is 0. The number of carbonyl (C=O) groups excluding carboxylic acids is 2. The summed E-state index contributed by atoms with van der Waals surface area (Å²) in [6.45, 7) is 6.72. The van der Waals surface area contributed by atoms with E-state index in [1.54, 1.807) is 27.7 Å². The summed E-state index contributed by atoms with van der Waals surface area (Å²) in [4.78, 5) is 23.8. The van der Waals surface area contributed by atoms with Gasteiger partial charge in [-0.1, -0.05) is 0 Å². The largest absolute Gasteiger partial charge is 0.464 e. The van der Waals surface area contributed by atoms with Crippen LogP contribution >= 0.6 is 0 Å². The van der Waals surface area contributed by atoms with E-state index in [-0.39, 0.29) is 19.4 Å². The highest BCUT2D eigenvalue weighted by atomic mass is 19.1. The number of aliphatic hydroxyl groups is 1. The van der Waals surface area contributed by atoms with Crippen molar-refractivity contribution in [1.29, 1.82) is 0 Å². The Labute approximate surface area is 117 Å². The molecule has 0 saturated heterocycles. The maximum absolute atomic E-state index is 13.6. The van der Waals surface area contributed by atoms with Crippen molar-refractivity contribution in [2.24, 2.45) is 0 Å². The van der Waals surface area contributed by atoms with Gasteiger partial charge in [-0.25, -0.2) is 14.0 Å². The molecule has 1 aliphatic rings. The van der Waals surface area contributed by atoms with E-state index < -0.39 is 35.5 Å². The van der Waals surface area contributed by atoms with E-state index in [0.29, 0.717) is 0 Å². The van der Waals surface area contributed by atoms with Crippen molar-refractivity contribution in [2.45, 2.75) is 64.0 Å². The van der Waals surface area contributed by atoms with Gasteiger partial charge in [-0.15, -0.1) is 0 Å². The Morgan fingerprint density at radius 1 is 1.40 bits per heavy atom. The summed E-state index contributed by atoms with van der Waals surface area (Å²) in [5, 5.41) is 11.9. The third kappa shape index (κ3) is 4.06. The predicted octanol–water partition coefficient (Wildman–Crippen LogP) is 1.31. The fourth-order valence-electron chi connectivity index (χ4n) is 2.13. The fraction of sp³-hybridized carbons (Fsp3) is 0.846. The van der Waals surface area contributed by atoms with Gasteiger partial charge in [0.2, 0.25) is 0 Å². The molecule has 116 valence electrons. The third-order valence-corrected chi connectivity index (χ3v) is 2.92. The lowest BCUT2D eigenvalue weighted by Crippen LogP contribution is -2.55. The number of ether oxygens (including phenoxy) is 2. The van der Waals surface area contributed by atoms with Gasteiger partial charge in [-0.05, 0) is 27.7 Å². The number of alkyl carbamates (subject to hydrolysis) is 1. The van der Waals surface area contributed by atoms with Crippen molar-refractivity contribution in [3.63, 3.8) is 0 Å². The Balaban J connectivity index is 2.85. The molecular formula is C13H22FNO5. The van der Waals surface area contributed by atoms with Crippen molar-refractivity contribution < 1.29 is 28.6 Å². The van der Waals surface area contributed by atoms with Crippen LogP contribution in [0.1, 0.15) is 40.5 Å². The molecule has 0 bridgehead atoms. The van der Waals surface area contributed by atoms with Crippen LogP contribution in [0.5, 0.6) is 0 Å². The second-order valence-corrected chi connectivity index (χ2v) is 5.92. The predicted molar refractivity (Wildman–Crippen MR) is 68.9 cm³/mol. The van der Waals surface area contributed by atoms with E-state index in [4.69, 9.17) is 9.47 Å². The first kappa shape index (κ1) is 16.7. The zero-order valence-corrected chi connectivity index (χ0v) is 12.2. The molecule has 7 heteroatoms. The van der Waals surface area contributed by atoms with Crippen molar-refractivity contribution in [1.82, 2.24) is 5.32 Å². The Bertz CT molecular complexity index is 369. The van der Waals surface area contributed by atoms with Crippen molar-refractivity contribution in [3.05, 3.63) is 0 Å². The molecule has 0 aromatic rings. The van der Waals surface area contributed by atoms with Crippen LogP contribution in [0, 0.1) is 0 Å². The molecule has 0 heterocycles. The molecule has 1 saturated carbocycles. The Morgan fingerprint density at radius 3 is 2.40 bits per heavy atom. The molecule has 3 atom stereocenters. The number of halogens is 1. The van der Waals surface area contributed by atoms with Crippen LogP contribution in [0.4, 0.5) is 9.18 Å². The zero-order chi connectivity index (χ0) is 15.6. The molecule has 1 rings (SSSR count). The first-order valence-corrected chi connectivity index (χ1v) is 6.60. The van der Waals surface area contributed by atoms with Crippen LogP contribution in [0.3, 0.4) is 0 Å². The summed E-state index contributed by atoms with van der Waals surface area (Å²) < 4.78 is 23.5. The molecule has 1 aliphatic carbocycles. The van der Waals surface area contributed by atoms with Crippen molar-refractivity contribution in [2.75, 3.05) is 6.61 Å². The number of hydrogen-bond donors (Lipinski definition) is 2. The SMILES string of the molecule is CCOC(=O)[C@@]1(NC(=O)OC(C)(C)C)C[C@@H](O)[C@H](F)C1. The lowest BCUT2D eigenvalue weighted by molar-refractivity contribution is -0.151. The van der Waals surface area contributed by atoms with Gasteiger partial charge >= 0.3 is 12.1 Å². The van der Waals surface area contributed by atoms with E-state index in [2.05, 4.69) is 5.32 Å². The number of rotatable bonds is 3. The molecule has 0 unspecified atom stereocenters. The van der Waals surface area contributed by atoms with Crippen LogP contribution < -0.4 is 5.32 Å². The van der Waals surface area contributed by atoms with Crippen LogP contribution in [0.15, 0.2) is 0 Å². The minimum Gasteiger partial charge on any atom is -0.464 e. The molecule has 2 N–H and O–H groups in total. The molecule has 20 heavy (non-hydrogen) atoms. The van der Waals surface area contributed by atoms with Crippen molar-refractivity contribution in [3.8, 4) is 0 Å². The summed E-state index contributed by atoms with van der Waals surface area (Å²) in [5.74, 6) is -0.759. The quantitative estimate of drug-likeness (QED) is 0.766. The minimum atomic E-state index is -1.59. The monoisotopic (exact) mass is 291 g/mol. The zero-order valence-electron chi connectivity index (χ0n) is 12.2. The van der Waals surface area contributed by atoms with Crippen LogP contribution in [-0.4, -0.2) is 47.2 Å². The molecule has 0 spiro atoms. The Hall–Kier alpha value is -1.37. The number of carbonyl (C=O) groups is 2. The van der Waals surface area contributed by atoms with Gasteiger partial charge in [-0.2, -0.15) is 0 Å². The fourth-order valence-corrected chi connectivity index (χ4v) is 2.13. The van der Waals surface area contributed by atoms with Crippen LogP contribution in [0.25, 0.3) is 0 Å². The number of alkyl halides is 1. The standard InChI is InChI=1S/C13H22FNO5/c1-5-19-10(17)13(6-8(14)9(16)7-13)15-11(18)20-12(2,3)4/h8-9,16H,5-7H2,1-4H3,(H,15,18)/t8-,9-,13+/m1/s1. The number of nitrogens with one attached hydrogen (secondary N) is 1. The molecule has 0 aliphatic heterocycles. The van der Waals surface area contributed by atoms with E-state index in [1.165, 1.54) is 0 Å². The molecule has 1 fully saturated rings. The second-order valence-electron chi connectivity index (χ2n) is 5.92. The summed E-state index contributed by atoms with van der Waals surface area (Å²) >= 11 is 0. The minimum absolute atomic E-state index is 0.101. The normalized spacial score (nSPS) is 29.9.